The summed E-state index contributed by atoms with van der Waals surface area (Å²) in [5.74, 6) is 0.892. The number of benzene rings is 2. The number of rotatable bonds is 9. The van der Waals surface area contributed by atoms with E-state index in [1.165, 1.54) is 6.92 Å². The molecule has 0 bridgehead atoms. The van der Waals surface area contributed by atoms with Gasteiger partial charge in [0.25, 0.3) is 5.91 Å². The topological polar surface area (TPSA) is 67.9 Å². The second-order valence-electron chi connectivity index (χ2n) is 6.43. The molecule has 28 heavy (non-hydrogen) atoms. The highest BCUT2D eigenvalue weighted by atomic mass is 16.5. The molecule has 2 rings (SSSR count). The van der Waals surface area contributed by atoms with Crippen LogP contribution in [0.4, 0.5) is 5.69 Å². The highest BCUT2D eigenvalue weighted by Gasteiger charge is 2.14. The van der Waals surface area contributed by atoms with Gasteiger partial charge in [-0.25, -0.2) is 0 Å². The van der Waals surface area contributed by atoms with Crippen molar-refractivity contribution in [3.8, 4) is 11.5 Å². The van der Waals surface area contributed by atoms with Gasteiger partial charge in [0.1, 0.15) is 0 Å². The highest BCUT2D eigenvalue weighted by molar-refractivity contribution is 6.05. The molecule has 150 valence electrons. The van der Waals surface area contributed by atoms with Crippen molar-refractivity contribution in [2.45, 2.75) is 33.7 Å². The van der Waals surface area contributed by atoms with Gasteiger partial charge in [0.05, 0.1) is 13.2 Å². The van der Waals surface area contributed by atoms with Gasteiger partial charge in [-0.05, 0) is 43.2 Å². The Labute approximate surface area is 166 Å². The average molecular weight is 384 g/mol. The molecule has 6 heteroatoms. The number of nitrogens with one attached hydrogen (secondary N) is 1. The van der Waals surface area contributed by atoms with Crippen molar-refractivity contribution in [2.75, 3.05) is 25.6 Å². The summed E-state index contributed by atoms with van der Waals surface area (Å²) in [7, 11) is 1.73. The van der Waals surface area contributed by atoms with E-state index in [-0.39, 0.29) is 11.8 Å². The molecule has 2 aromatic carbocycles. The maximum atomic E-state index is 12.8. The summed E-state index contributed by atoms with van der Waals surface area (Å²) in [4.78, 5) is 25.9. The van der Waals surface area contributed by atoms with E-state index < -0.39 is 0 Å². The first kappa shape index (κ1) is 21.3. The Hall–Kier alpha value is -3.02. The van der Waals surface area contributed by atoms with Gasteiger partial charge >= 0.3 is 0 Å². The van der Waals surface area contributed by atoms with Crippen LogP contribution in [-0.2, 0) is 11.3 Å². The van der Waals surface area contributed by atoms with E-state index >= 15 is 0 Å². The fraction of sp³-hybridized carbons (Fsp3) is 0.364. The molecule has 0 aliphatic rings. The fourth-order valence-electron chi connectivity index (χ4n) is 2.59. The number of anilines is 1. The normalized spacial score (nSPS) is 10.3. The Balaban J connectivity index is 2.21. The summed E-state index contributed by atoms with van der Waals surface area (Å²) in [5.41, 5.74) is 2.01. The van der Waals surface area contributed by atoms with Crippen molar-refractivity contribution in [3.63, 3.8) is 0 Å². The average Bonchev–Trinajstić information content (AvgIpc) is 2.68. The number of amides is 2. The first-order chi connectivity index (χ1) is 13.5. The molecule has 1 N–H and O–H groups in total. The standard InChI is InChI=1S/C22H28N2O4/c1-5-13-28-20-12-11-17(14-21(20)27-6-2)22(26)23-19-10-8-7-9-18(19)15-24(4)16(3)25/h7-12,14H,5-6,13,15H2,1-4H3,(H,23,26). The Morgan fingerprint density at radius 3 is 2.46 bits per heavy atom. The lowest BCUT2D eigenvalue weighted by Crippen LogP contribution is -2.24. The third-order valence-electron chi connectivity index (χ3n) is 4.18. The molecule has 2 aromatic rings. The number of ether oxygens (including phenoxy) is 2. The van der Waals surface area contributed by atoms with Crippen LogP contribution in [0, 0.1) is 0 Å². The monoisotopic (exact) mass is 384 g/mol. The molecular formula is C22H28N2O4. The zero-order chi connectivity index (χ0) is 20.5. The van der Waals surface area contributed by atoms with Gasteiger partial charge in [-0.3, -0.25) is 9.59 Å². The van der Waals surface area contributed by atoms with Gasteiger partial charge < -0.3 is 19.7 Å². The van der Waals surface area contributed by atoms with E-state index in [2.05, 4.69) is 5.32 Å². The van der Waals surface area contributed by atoms with E-state index in [0.29, 0.717) is 42.5 Å². The zero-order valence-corrected chi connectivity index (χ0v) is 17.0. The predicted molar refractivity (Wildman–Crippen MR) is 110 cm³/mol. The van der Waals surface area contributed by atoms with E-state index in [4.69, 9.17) is 9.47 Å². The van der Waals surface area contributed by atoms with Gasteiger partial charge in [0, 0.05) is 31.8 Å². The van der Waals surface area contributed by atoms with Crippen LogP contribution in [0.3, 0.4) is 0 Å². The molecule has 0 aromatic heterocycles. The maximum absolute atomic E-state index is 12.8. The molecule has 0 aliphatic heterocycles. The van der Waals surface area contributed by atoms with Crippen LogP contribution in [0.25, 0.3) is 0 Å². The van der Waals surface area contributed by atoms with E-state index in [1.54, 1.807) is 30.1 Å². The molecule has 0 fully saturated rings. The molecule has 0 aliphatic carbocycles. The van der Waals surface area contributed by atoms with Crippen molar-refractivity contribution < 1.29 is 19.1 Å². The lowest BCUT2D eigenvalue weighted by Gasteiger charge is -2.18. The molecule has 0 radical (unpaired) electrons. The molecule has 2 amide bonds. The number of carbonyl (C=O) groups is 2. The molecule has 6 nitrogen and oxygen atoms in total. The maximum Gasteiger partial charge on any atom is 0.255 e. The largest absolute Gasteiger partial charge is 0.490 e. The third-order valence-corrected chi connectivity index (χ3v) is 4.18. The van der Waals surface area contributed by atoms with Crippen LogP contribution >= 0.6 is 0 Å². The Morgan fingerprint density at radius 1 is 1.04 bits per heavy atom. The summed E-state index contributed by atoms with van der Waals surface area (Å²) in [6, 6.07) is 12.6. The van der Waals surface area contributed by atoms with Crippen molar-refractivity contribution in [3.05, 3.63) is 53.6 Å². The number of carbonyl (C=O) groups excluding carboxylic acids is 2. The quantitative estimate of drug-likeness (QED) is 0.707. The lowest BCUT2D eigenvalue weighted by molar-refractivity contribution is -0.128. The molecule has 0 spiro atoms. The molecule has 0 heterocycles. The highest BCUT2D eigenvalue weighted by Crippen LogP contribution is 2.29. The van der Waals surface area contributed by atoms with Crippen LogP contribution in [0.15, 0.2) is 42.5 Å². The van der Waals surface area contributed by atoms with Crippen LogP contribution in [-0.4, -0.2) is 37.0 Å². The van der Waals surface area contributed by atoms with Gasteiger partial charge in [-0.15, -0.1) is 0 Å². The van der Waals surface area contributed by atoms with Gasteiger partial charge in [-0.1, -0.05) is 25.1 Å². The van der Waals surface area contributed by atoms with Crippen molar-refractivity contribution in [1.82, 2.24) is 4.90 Å². The van der Waals surface area contributed by atoms with Crippen molar-refractivity contribution in [2.24, 2.45) is 0 Å². The second kappa shape index (κ2) is 10.3. The van der Waals surface area contributed by atoms with E-state index in [1.807, 2.05) is 38.1 Å². The molecule has 0 saturated heterocycles. The molecular weight excluding hydrogens is 356 g/mol. The van der Waals surface area contributed by atoms with Gasteiger partial charge in [-0.2, -0.15) is 0 Å². The number of para-hydroxylation sites is 1. The van der Waals surface area contributed by atoms with Crippen LogP contribution in [0.1, 0.15) is 43.1 Å². The van der Waals surface area contributed by atoms with Crippen LogP contribution in [0.5, 0.6) is 11.5 Å². The Morgan fingerprint density at radius 2 is 1.79 bits per heavy atom. The summed E-state index contributed by atoms with van der Waals surface area (Å²) in [5, 5.41) is 2.93. The predicted octanol–water partition coefficient (Wildman–Crippen LogP) is 4.10. The SMILES string of the molecule is CCCOc1ccc(C(=O)Nc2ccccc2CN(C)C(C)=O)cc1OCC. The first-order valence-electron chi connectivity index (χ1n) is 9.46. The summed E-state index contributed by atoms with van der Waals surface area (Å²) >= 11 is 0. The second-order valence-corrected chi connectivity index (χ2v) is 6.43. The molecule has 0 atom stereocenters. The Bertz CT molecular complexity index is 820. The van der Waals surface area contributed by atoms with Crippen molar-refractivity contribution >= 4 is 17.5 Å². The fourth-order valence-corrected chi connectivity index (χ4v) is 2.59. The van der Waals surface area contributed by atoms with E-state index in [9.17, 15) is 9.59 Å². The minimum Gasteiger partial charge on any atom is -0.490 e. The summed E-state index contributed by atoms with van der Waals surface area (Å²) < 4.78 is 11.3. The van der Waals surface area contributed by atoms with Crippen molar-refractivity contribution in [1.29, 1.82) is 0 Å². The first-order valence-corrected chi connectivity index (χ1v) is 9.46. The Kier molecular flexibility index (Phi) is 7.87. The number of nitrogens with zero attached hydrogens (tertiary/aromatic N) is 1. The smallest absolute Gasteiger partial charge is 0.255 e. The third kappa shape index (κ3) is 5.74. The summed E-state index contributed by atoms with van der Waals surface area (Å²) in [6.45, 7) is 6.91. The van der Waals surface area contributed by atoms with Gasteiger partial charge in [0.2, 0.25) is 5.91 Å². The minimum absolute atomic E-state index is 0.0369. The lowest BCUT2D eigenvalue weighted by atomic mass is 10.1. The summed E-state index contributed by atoms with van der Waals surface area (Å²) in [6.07, 6.45) is 0.888. The number of hydrogen-bond donors (Lipinski definition) is 1. The van der Waals surface area contributed by atoms with Crippen LogP contribution < -0.4 is 14.8 Å². The molecule has 0 saturated carbocycles. The number of hydrogen-bond acceptors (Lipinski definition) is 4. The van der Waals surface area contributed by atoms with E-state index in [0.717, 1.165) is 12.0 Å². The zero-order valence-electron chi connectivity index (χ0n) is 17.0. The minimum atomic E-state index is -0.249. The van der Waals surface area contributed by atoms with Crippen LogP contribution in [0.2, 0.25) is 0 Å². The molecule has 0 unspecified atom stereocenters. The van der Waals surface area contributed by atoms with Gasteiger partial charge in [0.15, 0.2) is 11.5 Å².